The van der Waals surface area contributed by atoms with E-state index in [4.69, 9.17) is 8.94 Å². The summed E-state index contributed by atoms with van der Waals surface area (Å²) in [7, 11) is 0. The van der Waals surface area contributed by atoms with Gasteiger partial charge >= 0.3 is 0 Å². The molecule has 7 heteroatoms. The predicted molar refractivity (Wildman–Crippen MR) is 92.8 cm³/mol. The summed E-state index contributed by atoms with van der Waals surface area (Å²) < 4.78 is 10.9. The van der Waals surface area contributed by atoms with Crippen molar-refractivity contribution in [3.63, 3.8) is 0 Å². The minimum absolute atomic E-state index is 0.474. The van der Waals surface area contributed by atoms with Crippen LogP contribution in [0, 0.1) is 0 Å². The summed E-state index contributed by atoms with van der Waals surface area (Å²) in [5.74, 6) is 2.18. The lowest BCUT2D eigenvalue weighted by Gasteiger charge is -1.94. The fourth-order valence-corrected chi connectivity index (χ4v) is 2.89. The molecule has 0 saturated heterocycles. The van der Waals surface area contributed by atoms with Crippen LogP contribution in [0.2, 0.25) is 0 Å². The van der Waals surface area contributed by atoms with Crippen molar-refractivity contribution in [1.29, 1.82) is 0 Å². The molecule has 0 unspecified atom stereocenters. The van der Waals surface area contributed by atoms with E-state index < -0.39 is 0 Å². The zero-order valence-electron chi connectivity index (χ0n) is 13.2. The Balaban J connectivity index is 1.37. The van der Waals surface area contributed by atoms with Crippen LogP contribution in [0.5, 0.6) is 0 Å². The van der Waals surface area contributed by atoms with Gasteiger partial charge in [0.15, 0.2) is 5.82 Å². The molecule has 0 fully saturated rings. The molecule has 0 spiro atoms. The highest BCUT2D eigenvalue weighted by molar-refractivity contribution is 7.98. The Labute approximate surface area is 148 Å². The molecule has 2 heterocycles. The molecule has 0 N–H and O–H groups in total. The zero-order valence-corrected chi connectivity index (χ0v) is 14.0. The molecule has 0 amide bonds. The van der Waals surface area contributed by atoms with Crippen molar-refractivity contribution in [3.8, 4) is 11.5 Å². The Kier molecular flexibility index (Phi) is 4.56. The minimum atomic E-state index is 0.474. The second kappa shape index (κ2) is 7.31. The molecular formula is C18H14N4O2S. The molecule has 4 aromatic rings. The third-order valence-corrected chi connectivity index (χ3v) is 4.26. The number of nitrogens with zero attached hydrogens (tertiary/aromatic N) is 4. The summed E-state index contributed by atoms with van der Waals surface area (Å²) in [4.78, 5) is 4.40. The number of hydrogen-bond acceptors (Lipinski definition) is 7. The van der Waals surface area contributed by atoms with E-state index in [2.05, 4.69) is 20.3 Å². The quantitative estimate of drug-likeness (QED) is 0.486. The second-order valence-corrected chi connectivity index (χ2v) is 6.22. The maximum atomic E-state index is 5.64. The van der Waals surface area contributed by atoms with E-state index in [-0.39, 0.29) is 0 Å². The van der Waals surface area contributed by atoms with E-state index in [9.17, 15) is 0 Å². The molecule has 4 rings (SSSR count). The van der Waals surface area contributed by atoms with Gasteiger partial charge in [0, 0.05) is 12.0 Å². The monoisotopic (exact) mass is 350 g/mol. The smallest absolute Gasteiger partial charge is 0.277 e. The molecule has 2 aromatic carbocycles. The summed E-state index contributed by atoms with van der Waals surface area (Å²) in [6, 6.07) is 19.7. The molecular weight excluding hydrogens is 336 g/mol. The Morgan fingerprint density at radius 2 is 1.64 bits per heavy atom. The van der Waals surface area contributed by atoms with E-state index in [1.807, 2.05) is 60.7 Å². The van der Waals surface area contributed by atoms with Crippen molar-refractivity contribution in [3.05, 3.63) is 77.9 Å². The first kappa shape index (κ1) is 15.6. The van der Waals surface area contributed by atoms with Crippen LogP contribution in [-0.4, -0.2) is 20.3 Å². The molecule has 0 aliphatic heterocycles. The van der Waals surface area contributed by atoms with Crippen molar-refractivity contribution in [2.75, 3.05) is 0 Å². The van der Waals surface area contributed by atoms with Gasteiger partial charge in [-0.2, -0.15) is 4.98 Å². The Bertz CT molecular complexity index is 938. The molecule has 0 saturated carbocycles. The van der Waals surface area contributed by atoms with Gasteiger partial charge in [-0.15, -0.1) is 10.2 Å². The molecule has 6 nitrogen and oxygen atoms in total. The fraction of sp³-hybridized carbons (Fsp3) is 0.111. The van der Waals surface area contributed by atoms with E-state index in [0.717, 1.165) is 11.1 Å². The maximum absolute atomic E-state index is 5.64. The van der Waals surface area contributed by atoms with Crippen LogP contribution in [0.1, 0.15) is 17.3 Å². The first-order valence-corrected chi connectivity index (χ1v) is 8.72. The third kappa shape index (κ3) is 3.95. The van der Waals surface area contributed by atoms with E-state index in [0.29, 0.717) is 35.0 Å². The van der Waals surface area contributed by atoms with Crippen LogP contribution in [-0.2, 0) is 12.2 Å². The molecule has 2 aromatic heterocycles. The maximum Gasteiger partial charge on any atom is 0.277 e. The number of thioether (sulfide) groups is 1. The van der Waals surface area contributed by atoms with Crippen LogP contribution in [0.3, 0.4) is 0 Å². The average molecular weight is 350 g/mol. The van der Waals surface area contributed by atoms with Gasteiger partial charge in [0.1, 0.15) is 0 Å². The Morgan fingerprint density at radius 1 is 0.880 bits per heavy atom. The molecule has 0 aliphatic carbocycles. The molecule has 25 heavy (non-hydrogen) atoms. The van der Waals surface area contributed by atoms with Gasteiger partial charge < -0.3 is 8.94 Å². The minimum Gasteiger partial charge on any atom is -0.411 e. The lowest BCUT2D eigenvalue weighted by Crippen LogP contribution is -1.90. The SMILES string of the molecule is c1ccc(Cc2noc(CSc3nnc(-c4ccccc4)o3)n2)cc1. The van der Waals surface area contributed by atoms with Crippen LogP contribution in [0.4, 0.5) is 0 Å². The normalized spacial score (nSPS) is 10.9. The fourth-order valence-electron chi connectivity index (χ4n) is 2.29. The average Bonchev–Trinajstić information content (AvgIpc) is 3.31. The first-order valence-electron chi connectivity index (χ1n) is 7.74. The third-order valence-electron chi connectivity index (χ3n) is 3.46. The van der Waals surface area contributed by atoms with Crippen LogP contribution in [0.25, 0.3) is 11.5 Å². The number of hydrogen-bond donors (Lipinski definition) is 0. The van der Waals surface area contributed by atoms with Gasteiger partial charge in [-0.1, -0.05) is 65.4 Å². The summed E-state index contributed by atoms with van der Waals surface area (Å²) >= 11 is 1.37. The molecule has 124 valence electrons. The molecule has 0 atom stereocenters. The van der Waals surface area contributed by atoms with Crippen molar-refractivity contribution in [2.24, 2.45) is 0 Å². The van der Waals surface area contributed by atoms with Crippen LogP contribution < -0.4 is 0 Å². The zero-order chi connectivity index (χ0) is 16.9. The van der Waals surface area contributed by atoms with Crippen molar-refractivity contribution >= 4 is 11.8 Å². The van der Waals surface area contributed by atoms with E-state index in [1.165, 1.54) is 11.8 Å². The molecule has 0 radical (unpaired) electrons. The van der Waals surface area contributed by atoms with Gasteiger partial charge in [0.25, 0.3) is 5.22 Å². The highest BCUT2D eigenvalue weighted by atomic mass is 32.2. The number of rotatable bonds is 6. The molecule has 0 aliphatic rings. The lowest BCUT2D eigenvalue weighted by molar-refractivity contribution is 0.385. The lowest BCUT2D eigenvalue weighted by atomic mass is 10.1. The Hall–Kier alpha value is -2.93. The molecule has 0 bridgehead atoms. The Morgan fingerprint density at radius 3 is 2.44 bits per heavy atom. The summed E-state index contributed by atoms with van der Waals surface area (Å²) in [5, 5.41) is 12.6. The van der Waals surface area contributed by atoms with Gasteiger partial charge in [0.05, 0.1) is 5.75 Å². The van der Waals surface area contributed by atoms with Crippen molar-refractivity contribution < 1.29 is 8.94 Å². The largest absolute Gasteiger partial charge is 0.411 e. The summed E-state index contributed by atoms with van der Waals surface area (Å²) in [5.41, 5.74) is 2.04. The highest BCUT2D eigenvalue weighted by Gasteiger charge is 2.12. The number of aromatic nitrogens is 4. The van der Waals surface area contributed by atoms with Gasteiger partial charge in [-0.05, 0) is 17.7 Å². The summed E-state index contributed by atoms with van der Waals surface area (Å²) in [6.45, 7) is 0. The van der Waals surface area contributed by atoms with Crippen LogP contribution in [0.15, 0.2) is 74.8 Å². The second-order valence-electron chi connectivity index (χ2n) is 5.29. The van der Waals surface area contributed by atoms with Crippen molar-refractivity contribution in [1.82, 2.24) is 20.3 Å². The first-order chi connectivity index (χ1) is 12.4. The van der Waals surface area contributed by atoms with E-state index >= 15 is 0 Å². The summed E-state index contributed by atoms with van der Waals surface area (Å²) in [6.07, 6.45) is 0.647. The highest BCUT2D eigenvalue weighted by Crippen LogP contribution is 2.25. The van der Waals surface area contributed by atoms with Gasteiger partial charge in [0.2, 0.25) is 11.8 Å². The topological polar surface area (TPSA) is 77.8 Å². The van der Waals surface area contributed by atoms with Crippen molar-refractivity contribution in [2.45, 2.75) is 17.4 Å². The van der Waals surface area contributed by atoms with Crippen LogP contribution >= 0.6 is 11.8 Å². The predicted octanol–water partition coefficient (Wildman–Crippen LogP) is 4.00. The van der Waals surface area contributed by atoms with Gasteiger partial charge in [-0.3, -0.25) is 0 Å². The standard InChI is InChI=1S/C18H14N4O2S/c1-3-7-13(8-4-1)11-15-19-16(24-22-15)12-25-18-21-20-17(23-18)14-9-5-2-6-10-14/h1-10H,11-12H2. The van der Waals surface area contributed by atoms with Gasteiger partial charge in [-0.25, -0.2) is 0 Å². The van der Waals surface area contributed by atoms with E-state index in [1.54, 1.807) is 0 Å². The number of benzene rings is 2.